The maximum atomic E-state index is 4.38. The molecule has 3 heterocycles. The van der Waals surface area contributed by atoms with Crippen LogP contribution in [-0.4, -0.2) is 27.6 Å². The van der Waals surface area contributed by atoms with Crippen LogP contribution in [0.4, 0.5) is 0 Å². The fourth-order valence-electron chi connectivity index (χ4n) is 2.38. The SMILES string of the molecule is c1cn(-c2cc(C3CCNCC3)ccn2)cn1. The normalized spacial score (nSPS) is 17.2. The van der Waals surface area contributed by atoms with Crippen molar-refractivity contribution in [3.8, 4) is 5.82 Å². The van der Waals surface area contributed by atoms with E-state index in [4.69, 9.17) is 0 Å². The van der Waals surface area contributed by atoms with Crippen LogP contribution in [0, 0.1) is 0 Å². The Balaban J connectivity index is 1.88. The molecule has 0 spiro atoms. The van der Waals surface area contributed by atoms with Gasteiger partial charge in [0.2, 0.25) is 0 Å². The van der Waals surface area contributed by atoms with Crippen LogP contribution in [0.5, 0.6) is 0 Å². The van der Waals surface area contributed by atoms with Gasteiger partial charge in [-0.3, -0.25) is 4.57 Å². The molecule has 0 radical (unpaired) electrons. The predicted molar refractivity (Wildman–Crippen MR) is 66.2 cm³/mol. The second-order valence-electron chi connectivity index (χ2n) is 4.44. The number of hydrogen-bond donors (Lipinski definition) is 1. The molecule has 88 valence electrons. The fourth-order valence-corrected chi connectivity index (χ4v) is 2.38. The number of nitrogens with one attached hydrogen (secondary N) is 1. The molecule has 1 aliphatic rings. The van der Waals surface area contributed by atoms with Gasteiger partial charge >= 0.3 is 0 Å². The first-order valence-electron chi connectivity index (χ1n) is 6.08. The van der Waals surface area contributed by atoms with Gasteiger partial charge in [-0.25, -0.2) is 9.97 Å². The first kappa shape index (κ1) is 10.5. The average Bonchev–Trinajstić information content (AvgIpc) is 2.94. The summed E-state index contributed by atoms with van der Waals surface area (Å²) in [6.45, 7) is 2.24. The van der Waals surface area contributed by atoms with Crippen molar-refractivity contribution in [2.24, 2.45) is 0 Å². The maximum Gasteiger partial charge on any atom is 0.138 e. The number of imidazole rings is 1. The van der Waals surface area contributed by atoms with Crippen LogP contribution < -0.4 is 5.32 Å². The maximum absolute atomic E-state index is 4.38. The summed E-state index contributed by atoms with van der Waals surface area (Å²) < 4.78 is 1.95. The number of aromatic nitrogens is 3. The van der Waals surface area contributed by atoms with E-state index in [0.29, 0.717) is 5.92 Å². The molecule has 0 amide bonds. The lowest BCUT2D eigenvalue weighted by atomic mass is 9.91. The zero-order valence-electron chi connectivity index (χ0n) is 9.71. The van der Waals surface area contributed by atoms with E-state index in [0.717, 1.165) is 18.9 Å². The largest absolute Gasteiger partial charge is 0.317 e. The zero-order valence-corrected chi connectivity index (χ0v) is 9.71. The fraction of sp³-hybridized carbons (Fsp3) is 0.385. The quantitative estimate of drug-likeness (QED) is 0.851. The van der Waals surface area contributed by atoms with Gasteiger partial charge in [0.1, 0.15) is 12.1 Å². The highest BCUT2D eigenvalue weighted by Crippen LogP contribution is 2.25. The molecule has 4 nitrogen and oxygen atoms in total. The summed E-state index contributed by atoms with van der Waals surface area (Å²) in [7, 11) is 0. The Bertz CT molecular complexity index is 472. The Morgan fingerprint density at radius 1 is 1.24 bits per heavy atom. The highest BCUT2D eigenvalue weighted by molar-refractivity contribution is 5.30. The summed E-state index contributed by atoms with van der Waals surface area (Å²) in [5.74, 6) is 1.63. The number of hydrogen-bond acceptors (Lipinski definition) is 3. The van der Waals surface area contributed by atoms with Gasteiger partial charge in [-0.1, -0.05) is 0 Å². The highest BCUT2D eigenvalue weighted by Gasteiger charge is 2.15. The number of piperidine rings is 1. The van der Waals surface area contributed by atoms with E-state index in [1.807, 2.05) is 17.0 Å². The summed E-state index contributed by atoms with van der Waals surface area (Å²) in [5.41, 5.74) is 1.39. The van der Waals surface area contributed by atoms with Crippen molar-refractivity contribution in [2.45, 2.75) is 18.8 Å². The monoisotopic (exact) mass is 228 g/mol. The number of nitrogens with zero attached hydrogens (tertiary/aromatic N) is 3. The standard InChI is InChI=1S/C13H16N4/c1-4-14-5-2-11(1)12-3-6-16-13(9-12)17-8-7-15-10-17/h3,6-11,14H,1-2,4-5H2. The van der Waals surface area contributed by atoms with E-state index in [1.165, 1.54) is 18.4 Å². The van der Waals surface area contributed by atoms with Crippen molar-refractivity contribution in [3.05, 3.63) is 42.6 Å². The lowest BCUT2D eigenvalue weighted by Crippen LogP contribution is -2.26. The molecular weight excluding hydrogens is 212 g/mol. The molecule has 0 saturated carbocycles. The molecule has 1 fully saturated rings. The number of pyridine rings is 1. The molecule has 2 aromatic heterocycles. The molecule has 0 bridgehead atoms. The van der Waals surface area contributed by atoms with E-state index in [9.17, 15) is 0 Å². The lowest BCUT2D eigenvalue weighted by Gasteiger charge is -2.23. The van der Waals surface area contributed by atoms with E-state index >= 15 is 0 Å². The van der Waals surface area contributed by atoms with E-state index in [1.54, 1.807) is 12.5 Å². The smallest absolute Gasteiger partial charge is 0.138 e. The first-order valence-corrected chi connectivity index (χ1v) is 6.08. The summed E-state index contributed by atoms with van der Waals surface area (Å²) in [4.78, 5) is 8.44. The molecule has 17 heavy (non-hydrogen) atoms. The second kappa shape index (κ2) is 4.67. The van der Waals surface area contributed by atoms with Gasteiger partial charge in [0.05, 0.1) is 0 Å². The summed E-state index contributed by atoms with van der Waals surface area (Å²) in [5, 5.41) is 3.40. The molecular formula is C13H16N4. The third kappa shape index (κ3) is 2.22. The number of rotatable bonds is 2. The van der Waals surface area contributed by atoms with Gasteiger partial charge in [0.15, 0.2) is 0 Å². The Hall–Kier alpha value is -1.68. The van der Waals surface area contributed by atoms with Crippen molar-refractivity contribution in [2.75, 3.05) is 13.1 Å². The minimum absolute atomic E-state index is 0.668. The Morgan fingerprint density at radius 2 is 2.12 bits per heavy atom. The van der Waals surface area contributed by atoms with Crippen LogP contribution in [0.3, 0.4) is 0 Å². The third-order valence-corrected chi connectivity index (χ3v) is 3.35. The van der Waals surface area contributed by atoms with Gasteiger partial charge in [-0.15, -0.1) is 0 Å². The van der Waals surface area contributed by atoms with Gasteiger partial charge in [-0.2, -0.15) is 0 Å². The molecule has 3 rings (SSSR count). The molecule has 0 aliphatic carbocycles. The molecule has 1 N–H and O–H groups in total. The summed E-state index contributed by atoms with van der Waals surface area (Å²) >= 11 is 0. The second-order valence-corrected chi connectivity index (χ2v) is 4.44. The minimum Gasteiger partial charge on any atom is -0.317 e. The molecule has 4 heteroatoms. The van der Waals surface area contributed by atoms with Crippen molar-refractivity contribution in [1.29, 1.82) is 0 Å². The Labute approximate surface area is 101 Å². The molecule has 0 atom stereocenters. The van der Waals surface area contributed by atoms with E-state index in [-0.39, 0.29) is 0 Å². The van der Waals surface area contributed by atoms with Crippen LogP contribution in [0.25, 0.3) is 5.82 Å². The van der Waals surface area contributed by atoms with Crippen LogP contribution in [0.2, 0.25) is 0 Å². The van der Waals surface area contributed by atoms with Gasteiger partial charge < -0.3 is 5.32 Å². The van der Waals surface area contributed by atoms with Crippen LogP contribution in [-0.2, 0) is 0 Å². The summed E-state index contributed by atoms with van der Waals surface area (Å²) in [6.07, 6.45) is 9.81. The molecule has 0 unspecified atom stereocenters. The van der Waals surface area contributed by atoms with Crippen molar-refractivity contribution in [1.82, 2.24) is 19.9 Å². The van der Waals surface area contributed by atoms with E-state index < -0.39 is 0 Å². The minimum atomic E-state index is 0.668. The summed E-state index contributed by atoms with van der Waals surface area (Å²) in [6, 6.07) is 4.31. The van der Waals surface area contributed by atoms with Gasteiger partial charge in [0.25, 0.3) is 0 Å². The van der Waals surface area contributed by atoms with E-state index in [2.05, 4.69) is 27.4 Å². The van der Waals surface area contributed by atoms with Crippen molar-refractivity contribution < 1.29 is 0 Å². The van der Waals surface area contributed by atoms with Crippen molar-refractivity contribution >= 4 is 0 Å². The molecule has 1 aliphatic heterocycles. The topological polar surface area (TPSA) is 42.7 Å². The van der Waals surface area contributed by atoms with Crippen LogP contribution >= 0.6 is 0 Å². The molecule has 0 aromatic carbocycles. The van der Waals surface area contributed by atoms with Gasteiger partial charge in [-0.05, 0) is 49.5 Å². The van der Waals surface area contributed by atoms with Crippen LogP contribution in [0.15, 0.2) is 37.1 Å². The zero-order chi connectivity index (χ0) is 11.5. The van der Waals surface area contributed by atoms with Crippen molar-refractivity contribution in [3.63, 3.8) is 0 Å². The molecule has 1 saturated heterocycles. The van der Waals surface area contributed by atoms with Crippen LogP contribution in [0.1, 0.15) is 24.3 Å². The third-order valence-electron chi connectivity index (χ3n) is 3.35. The predicted octanol–water partition coefficient (Wildman–Crippen LogP) is 1.73. The molecule has 2 aromatic rings. The average molecular weight is 228 g/mol. The Kier molecular flexibility index (Phi) is 2.88. The first-order chi connectivity index (χ1) is 8.43. The highest BCUT2D eigenvalue weighted by atomic mass is 15.1. The Morgan fingerprint density at radius 3 is 2.88 bits per heavy atom. The lowest BCUT2D eigenvalue weighted by molar-refractivity contribution is 0.460. The van der Waals surface area contributed by atoms with Gasteiger partial charge in [0, 0.05) is 18.6 Å².